The van der Waals surface area contributed by atoms with Crippen LogP contribution in [0.3, 0.4) is 0 Å². The highest BCUT2D eigenvalue weighted by atomic mass is 32.1. The number of hydrogen-bond acceptors (Lipinski definition) is 7. The molecular formula is C24H20N2O5S. The second-order valence-electron chi connectivity index (χ2n) is 7.33. The van der Waals surface area contributed by atoms with Crippen LogP contribution in [-0.4, -0.2) is 23.9 Å². The Bertz CT molecular complexity index is 1420. The van der Waals surface area contributed by atoms with E-state index in [2.05, 4.69) is 4.99 Å². The summed E-state index contributed by atoms with van der Waals surface area (Å²) in [6, 6.07) is 14.4. The fraction of sp³-hybridized carbons (Fsp3) is 0.208. The molecule has 5 rings (SSSR count). The molecule has 0 saturated carbocycles. The van der Waals surface area contributed by atoms with Gasteiger partial charge in [-0.1, -0.05) is 47.7 Å². The molecule has 7 nitrogen and oxygen atoms in total. The molecule has 1 aromatic heterocycles. The maximum Gasteiger partial charge on any atom is 0.338 e. The predicted octanol–water partition coefficient (Wildman–Crippen LogP) is 2.53. The highest BCUT2D eigenvalue weighted by molar-refractivity contribution is 7.07. The third kappa shape index (κ3) is 3.42. The first-order valence-electron chi connectivity index (χ1n) is 10.2. The summed E-state index contributed by atoms with van der Waals surface area (Å²) in [5.41, 5.74) is 2.29. The van der Waals surface area contributed by atoms with E-state index in [1.807, 2.05) is 42.5 Å². The minimum absolute atomic E-state index is 0.137. The van der Waals surface area contributed by atoms with E-state index in [-0.39, 0.29) is 19.0 Å². The summed E-state index contributed by atoms with van der Waals surface area (Å²) in [4.78, 5) is 31.6. The largest absolute Gasteiger partial charge is 0.463 e. The standard InChI is InChI=1S/C24H20N2O5S/c1-3-29-23(28)20-14(2)25-24-26(21(20)16-9-10-17-18(12-16)31-13-30-17)22(27)19(32-24)11-15-7-5-4-6-8-15/h4-12,21H,3,13H2,1-2H3/b19-11-/t21-/m0/s1. The molecule has 8 heteroatoms. The van der Waals surface area contributed by atoms with Gasteiger partial charge in [-0.2, -0.15) is 0 Å². The number of carbonyl (C=O) groups excluding carboxylic acids is 1. The van der Waals surface area contributed by atoms with Crippen LogP contribution in [0.4, 0.5) is 0 Å². The number of hydrogen-bond donors (Lipinski definition) is 0. The number of ether oxygens (including phenoxy) is 3. The minimum atomic E-state index is -0.683. The summed E-state index contributed by atoms with van der Waals surface area (Å²) >= 11 is 1.30. The smallest absolute Gasteiger partial charge is 0.338 e. The van der Waals surface area contributed by atoms with Gasteiger partial charge in [0.15, 0.2) is 16.3 Å². The summed E-state index contributed by atoms with van der Waals surface area (Å²) in [7, 11) is 0. The van der Waals surface area contributed by atoms with Crippen molar-refractivity contribution in [2.24, 2.45) is 4.99 Å². The van der Waals surface area contributed by atoms with Crippen molar-refractivity contribution in [3.05, 3.63) is 90.6 Å². The Labute approximate surface area is 187 Å². The molecule has 162 valence electrons. The fourth-order valence-corrected chi connectivity index (χ4v) is 4.94. The average molecular weight is 449 g/mol. The molecule has 3 heterocycles. The Morgan fingerprint density at radius 2 is 2.00 bits per heavy atom. The van der Waals surface area contributed by atoms with Gasteiger partial charge in [0.25, 0.3) is 5.56 Å². The quantitative estimate of drug-likeness (QED) is 0.573. The molecule has 0 aliphatic carbocycles. The zero-order valence-electron chi connectivity index (χ0n) is 17.5. The highest BCUT2D eigenvalue weighted by Crippen LogP contribution is 2.38. The molecule has 0 spiro atoms. The van der Waals surface area contributed by atoms with E-state index in [0.29, 0.717) is 32.1 Å². The van der Waals surface area contributed by atoms with Gasteiger partial charge in [0, 0.05) is 0 Å². The normalized spacial score (nSPS) is 17.2. The number of nitrogens with zero attached hydrogens (tertiary/aromatic N) is 2. The van der Waals surface area contributed by atoms with Gasteiger partial charge in [-0.25, -0.2) is 9.79 Å². The molecule has 3 aromatic rings. The SMILES string of the molecule is CCOC(=O)C1=C(C)N=c2s/c(=C\c3ccccc3)c(=O)n2[C@H]1c1ccc2c(c1)OCO2. The van der Waals surface area contributed by atoms with E-state index < -0.39 is 12.0 Å². The Kier molecular flexibility index (Phi) is 5.14. The first-order chi connectivity index (χ1) is 15.6. The maximum absolute atomic E-state index is 13.5. The van der Waals surface area contributed by atoms with Gasteiger partial charge in [-0.3, -0.25) is 9.36 Å². The maximum atomic E-state index is 13.5. The molecule has 0 fully saturated rings. The second kappa shape index (κ2) is 8.12. The molecule has 32 heavy (non-hydrogen) atoms. The Morgan fingerprint density at radius 1 is 1.22 bits per heavy atom. The van der Waals surface area contributed by atoms with Crippen LogP contribution in [-0.2, 0) is 9.53 Å². The fourth-order valence-electron chi connectivity index (χ4n) is 3.89. The highest BCUT2D eigenvalue weighted by Gasteiger charge is 2.34. The van der Waals surface area contributed by atoms with Gasteiger partial charge in [-0.15, -0.1) is 0 Å². The van der Waals surface area contributed by atoms with E-state index in [0.717, 1.165) is 11.1 Å². The number of thiazole rings is 1. The number of esters is 1. The van der Waals surface area contributed by atoms with Crippen molar-refractivity contribution in [1.82, 2.24) is 4.57 Å². The molecule has 2 aromatic carbocycles. The predicted molar refractivity (Wildman–Crippen MR) is 119 cm³/mol. The molecule has 2 aliphatic heterocycles. The number of aromatic nitrogens is 1. The number of carbonyl (C=O) groups is 1. The lowest BCUT2D eigenvalue weighted by Gasteiger charge is -2.24. The lowest BCUT2D eigenvalue weighted by molar-refractivity contribution is -0.139. The summed E-state index contributed by atoms with van der Waals surface area (Å²) in [5, 5.41) is 0. The second-order valence-corrected chi connectivity index (χ2v) is 8.33. The molecule has 1 atom stereocenters. The number of rotatable bonds is 4. The van der Waals surface area contributed by atoms with Crippen LogP contribution in [0.2, 0.25) is 0 Å². The molecule has 0 amide bonds. The third-order valence-corrected chi connectivity index (χ3v) is 6.31. The van der Waals surface area contributed by atoms with Gasteiger partial charge in [-0.05, 0) is 43.2 Å². The molecule has 0 bridgehead atoms. The van der Waals surface area contributed by atoms with E-state index in [1.165, 1.54) is 11.3 Å². The monoisotopic (exact) mass is 448 g/mol. The Balaban J connectivity index is 1.73. The number of benzene rings is 2. The van der Waals surface area contributed by atoms with Crippen LogP contribution in [0.5, 0.6) is 11.5 Å². The van der Waals surface area contributed by atoms with Gasteiger partial charge in [0.1, 0.15) is 0 Å². The average Bonchev–Trinajstić information content (AvgIpc) is 3.37. The lowest BCUT2D eigenvalue weighted by atomic mass is 9.95. The van der Waals surface area contributed by atoms with Crippen LogP contribution >= 0.6 is 11.3 Å². The Hall–Kier alpha value is -3.65. The van der Waals surface area contributed by atoms with Crippen molar-refractivity contribution in [2.75, 3.05) is 13.4 Å². The molecule has 0 unspecified atom stereocenters. The van der Waals surface area contributed by atoms with Crippen LogP contribution in [0.15, 0.2) is 69.6 Å². The number of allylic oxidation sites excluding steroid dienone is 1. The Morgan fingerprint density at radius 3 is 2.78 bits per heavy atom. The van der Waals surface area contributed by atoms with Gasteiger partial charge in [0.05, 0.1) is 28.5 Å². The van der Waals surface area contributed by atoms with Crippen LogP contribution in [0, 0.1) is 0 Å². The molecule has 0 radical (unpaired) electrons. The van der Waals surface area contributed by atoms with E-state index in [1.54, 1.807) is 30.5 Å². The molecule has 0 N–H and O–H groups in total. The van der Waals surface area contributed by atoms with Crippen molar-refractivity contribution in [2.45, 2.75) is 19.9 Å². The lowest BCUT2D eigenvalue weighted by Crippen LogP contribution is -2.39. The number of fused-ring (bicyclic) bond motifs is 2. The van der Waals surface area contributed by atoms with Crippen molar-refractivity contribution in [1.29, 1.82) is 0 Å². The zero-order chi connectivity index (χ0) is 22.2. The van der Waals surface area contributed by atoms with Crippen LogP contribution in [0.1, 0.15) is 31.0 Å². The minimum Gasteiger partial charge on any atom is -0.463 e. The molecule has 0 saturated heterocycles. The summed E-state index contributed by atoms with van der Waals surface area (Å²) in [5.74, 6) is 0.712. The first kappa shape index (κ1) is 20.3. The van der Waals surface area contributed by atoms with Gasteiger partial charge in [0.2, 0.25) is 6.79 Å². The van der Waals surface area contributed by atoms with Crippen LogP contribution < -0.4 is 24.4 Å². The van der Waals surface area contributed by atoms with E-state index in [9.17, 15) is 9.59 Å². The van der Waals surface area contributed by atoms with E-state index >= 15 is 0 Å². The van der Waals surface area contributed by atoms with Gasteiger partial charge >= 0.3 is 5.97 Å². The topological polar surface area (TPSA) is 79.1 Å². The first-order valence-corrected chi connectivity index (χ1v) is 11.0. The van der Waals surface area contributed by atoms with Crippen molar-refractivity contribution < 1.29 is 19.0 Å². The summed E-state index contributed by atoms with van der Waals surface area (Å²) in [6.45, 7) is 3.87. The van der Waals surface area contributed by atoms with Crippen molar-refractivity contribution >= 4 is 23.4 Å². The molecular weight excluding hydrogens is 428 g/mol. The van der Waals surface area contributed by atoms with Crippen LogP contribution in [0.25, 0.3) is 6.08 Å². The van der Waals surface area contributed by atoms with Crippen molar-refractivity contribution in [3.63, 3.8) is 0 Å². The summed E-state index contributed by atoms with van der Waals surface area (Å²) in [6.07, 6.45) is 1.84. The third-order valence-electron chi connectivity index (χ3n) is 5.33. The zero-order valence-corrected chi connectivity index (χ0v) is 18.3. The summed E-state index contributed by atoms with van der Waals surface area (Å²) < 4.78 is 18.4. The van der Waals surface area contributed by atoms with Crippen molar-refractivity contribution in [3.8, 4) is 11.5 Å². The molecule has 2 aliphatic rings. The van der Waals surface area contributed by atoms with Gasteiger partial charge < -0.3 is 14.2 Å². The van der Waals surface area contributed by atoms with E-state index in [4.69, 9.17) is 14.2 Å².